The molecule has 0 radical (unpaired) electrons. The van der Waals surface area contributed by atoms with E-state index in [9.17, 15) is 19.2 Å². The van der Waals surface area contributed by atoms with Crippen molar-refractivity contribution in [1.82, 2.24) is 14.9 Å². The highest BCUT2D eigenvalue weighted by Gasteiger charge is 2.31. The molecule has 11 heteroatoms. The van der Waals surface area contributed by atoms with Crippen molar-refractivity contribution in [2.45, 2.75) is 102 Å². The molecule has 2 N–H and O–H groups in total. The third-order valence-electron chi connectivity index (χ3n) is 7.83. The minimum absolute atomic E-state index is 0.0608. The van der Waals surface area contributed by atoms with Crippen LogP contribution in [0.25, 0.3) is 0 Å². The molecule has 0 spiro atoms. The zero-order chi connectivity index (χ0) is 30.2. The van der Waals surface area contributed by atoms with Gasteiger partial charge >= 0.3 is 12.1 Å². The Morgan fingerprint density at radius 3 is 2.64 bits per heavy atom. The number of carbonyl (C=O) groups is 4. The Hall–Kier alpha value is -2.95. The Morgan fingerprint density at radius 1 is 1.10 bits per heavy atom. The maximum absolute atomic E-state index is 13.5. The highest BCUT2D eigenvalue weighted by Crippen LogP contribution is 2.30. The maximum Gasteiger partial charge on any atom is 0.417 e. The molecule has 2 atom stereocenters. The first-order chi connectivity index (χ1) is 20.4. The molecule has 0 unspecified atom stereocenters. The summed E-state index contributed by atoms with van der Waals surface area (Å²) in [5.41, 5.74) is 0.927. The molecule has 42 heavy (non-hydrogen) atoms. The molecule has 3 rings (SSSR count). The molecule has 3 amide bonds. The van der Waals surface area contributed by atoms with Crippen LogP contribution in [0, 0.1) is 5.92 Å². The van der Waals surface area contributed by atoms with Crippen molar-refractivity contribution >= 4 is 35.8 Å². The van der Waals surface area contributed by atoms with Crippen LogP contribution in [0.4, 0.5) is 4.79 Å². The molecule has 1 aromatic rings. The number of methoxy groups -OCH3 is 1. The van der Waals surface area contributed by atoms with E-state index < -0.39 is 23.4 Å². The maximum atomic E-state index is 13.5. The van der Waals surface area contributed by atoms with Crippen molar-refractivity contribution in [2.75, 3.05) is 26.9 Å². The number of benzene rings is 1. The van der Waals surface area contributed by atoms with Crippen LogP contribution in [-0.2, 0) is 30.4 Å². The molecule has 234 valence electrons. The molecule has 1 saturated carbocycles. The smallest absolute Gasteiger partial charge is 0.417 e. The fourth-order valence-electron chi connectivity index (χ4n) is 5.40. The van der Waals surface area contributed by atoms with E-state index in [-0.39, 0.29) is 24.7 Å². The predicted molar refractivity (Wildman–Crippen MR) is 162 cm³/mol. The summed E-state index contributed by atoms with van der Waals surface area (Å²) < 4.78 is 18.7. The van der Waals surface area contributed by atoms with Crippen LogP contribution in [-0.4, -0.2) is 66.9 Å². The second-order valence-corrected chi connectivity index (χ2v) is 12.0. The lowest BCUT2D eigenvalue weighted by Crippen LogP contribution is -2.47. The van der Waals surface area contributed by atoms with Gasteiger partial charge in [-0.2, -0.15) is 0 Å². The van der Waals surface area contributed by atoms with Gasteiger partial charge in [0.1, 0.15) is 23.6 Å². The zero-order valence-corrected chi connectivity index (χ0v) is 25.9. The number of nitrogens with zero attached hydrogens (tertiary/aromatic N) is 1. The molecule has 1 fully saturated rings. The highest BCUT2D eigenvalue weighted by molar-refractivity contribution is 7.99. The largest absolute Gasteiger partial charge is 0.491 e. The van der Waals surface area contributed by atoms with Crippen molar-refractivity contribution in [3.05, 3.63) is 29.8 Å². The average molecular weight is 606 g/mol. The number of nitrogens with one attached hydrogen (secondary N) is 2. The summed E-state index contributed by atoms with van der Waals surface area (Å²) in [5, 5.41) is 2.20. The van der Waals surface area contributed by atoms with Gasteiger partial charge in [-0.15, -0.1) is 0 Å². The molecule has 1 heterocycles. The summed E-state index contributed by atoms with van der Waals surface area (Å²) in [6.45, 7) is 3.69. The second kappa shape index (κ2) is 18.6. The van der Waals surface area contributed by atoms with Crippen molar-refractivity contribution in [2.24, 2.45) is 5.92 Å². The minimum atomic E-state index is -0.984. The third kappa shape index (κ3) is 11.4. The van der Waals surface area contributed by atoms with Crippen molar-refractivity contribution in [3.63, 3.8) is 0 Å². The van der Waals surface area contributed by atoms with Crippen LogP contribution in [0.5, 0.6) is 5.75 Å². The van der Waals surface area contributed by atoms with Crippen molar-refractivity contribution in [3.8, 4) is 5.75 Å². The molecule has 2 aliphatic rings. The quantitative estimate of drug-likeness (QED) is 0.160. The summed E-state index contributed by atoms with van der Waals surface area (Å²) in [5.74, 6) is 0.0217. The van der Waals surface area contributed by atoms with Gasteiger partial charge in [0.25, 0.3) is 0 Å². The Bertz CT molecular complexity index is 1020. The van der Waals surface area contributed by atoms with Gasteiger partial charge in [0.15, 0.2) is 0 Å². The molecule has 1 aliphatic heterocycles. The third-order valence-corrected chi connectivity index (χ3v) is 8.81. The molecule has 0 aromatic heterocycles. The van der Waals surface area contributed by atoms with Gasteiger partial charge in [-0.05, 0) is 43.2 Å². The second-order valence-electron chi connectivity index (χ2n) is 11.0. The summed E-state index contributed by atoms with van der Waals surface area (Å²) in [6.07, 6.45) is 9.65. The average Bonchev–Trinajstić information content (AvgIpc) is 3.23. The molecular weight excluding hydrogens is 558 g/mol. The Morgan fingerprint density at radius 2 is 1.88 bits per heavy atom. The lowest BCUT2D eigenvalue weighted by molar-refractivity contribution is -0.145. The topological polar surface area (TPSA) is 123 Å². The van der Waals surface area contributed by atoms with Crippen LogP contribution in [0.3, 0.4) is 0 Å². The fraction of sp³-hybridized carbons (Fsp3) is 0.677. The molecule has 1 aromatic carbocycles. The Balaban J connectivity index is 1.57. The summed E-state index contributed by atoms with van der Waals surface area (Å²) in [6, 6.07) is 6.63. The number of hydrogen-bond acceptors (Lipinski definition) is 8. The van der Waals surface area contributed by atoms with E-state index in [1.54, 1.807) is 4.90 Å². The van der Waals surface area contributed by atoms with E-state index in [4.69, 9.17) is 14.2 Å². The van der Waals surface area contributed by atoms with Gasteiger partial charge in [-0.25, -0.2) is 9.59 Å². The number of unbranched alkanes of at least 4 members (excludes halogenated alkanes) is 3. The lowest BCUT2D eigenvalue weighted by Gasteiger charge is -2.27. The summed E-state index contributed by atoms with van der Waals surface area (Å²) >= 11 is 1.03. The van der Waals surface area contributed by atoms with E-state index in [1.807, 2.05) is 24.3 Å². The number of carbonyl (C=O) groups excluding carboxylic acids is 4. The highest BCUT2D eigenvalue weighted by atomic mass is 32.2. The first-order valence-electron chi connectivity index (χ1n) is 15.4. The monoisotopic (exact) mass is 605 g/mol. The van der Waals surface area contributed by atoms with Gasteiger partial charge in [0.2, 0.25) is 11.8 Å². The van der Waals surface area contributed by atoms with Crippen molar-refractivity contribution < 1.29 is 33.4 Å². The normalized spacial score (nSPS) is 16.7. The van der Waals surface area contributed by atoms with E-state index >= 15 is 0 Å². The summed E-state index contributed by atoms with van der Waals surface area (Å²) in [7, 11) is 1.26. The van der Waals surface area contributed by atoms with Gasteiger partial charge < -0.3 is 24.4 Å². The standard InChI is InChI=1S/C31H47N3O7S/c1-3-4-5-11-19-41-31(38)33-42-27(21-23-12-7-6-8-13-23)29(36)32-25(30(37)39-2)16-17-28(35)34-18-20-40-26-15-10-9-14-24(26)22-34/h9-10,14-15,23,25,27H,3-8,11-13,16-22H2,1-2H3,(H,32,36)(H,33,38)/t25-,27-/m0/s1. The van der Waals surface area contributed by atoms with Gasteiger partial charge in [0, 0.05) is 18.5 Å². The fourth-order valence-corrected chi connectivity index (χ4v) is 6.24. The Kier molecular flexibility index (Phi) is 14.8. The van der Waals surface area contributed by atoms with E-state index in [0.717, 1.165) is 74.6 Å². The molecule has 10 nitrogen and oxygen atoms in total. The first kappa shape index (κ1) is 33.6. The van der Waals surface area contributed by atoms with Crippen LogP contribution in [0.1, 0.15) is 89.5 Å². The van der Waals surface area contributed by atoms with E-state index in [2.05, 4.69) is 17.0 Å². The first-order valence-corrected chi connectivity index (χ1v) is 16.2. The number of rotatable bonds is 15. The number of esters is 1. The van der Waals surface area contributed by atoms with Crippen LogP contribution >= 0.6 is 11.9 Å². The number of fused-ring (bicyclic) bond motifs is 1. The van der Waals surface area contributed by atoms with E-state index in [0.29, 0.717) is 38.6 Å². The predicted octanol–water partition coefficient (Wildman–Crippen LogP) is 5.14. The molecule has 0 saturated heterocycles. The zero-order valence-electron chi connectivity index (χ0n) is 25.1. The lowest BCUT2D eigenvalue weighted by atomic mass is 9.86. The number of hydrogen-bond donors (Lipinski definition) is 2. The molecular formula is C31H47N3O7S. The number of amides is 3. The number of ether oxygens (including phenoxy) is 3. The van der Waals surface area contributed by atoms with Crippen LogP contribution in [0.15, 0.2) is 24.3 Å². The van der Waals surface area contributed by atoms with Gasteiger partial charge in [-0.3, -0.25) is 14.3 Å². The van der Waals surface area contributed by atoms with Crippen LogP contribution < -0.4 is 14.8 Å². The van der Waals surface area contributed by atoms with Crippen LogP contribution in [0.2, 0.25) is 0 Å². The van der Waals surface area contributed by atoms with Gasteiger partial charge in [-0.1, -0.05) is 76.5 Å². The Labute approximate surface area is 254 Å². The SMILES string of the molecule is CCCCCCOC(=O)NS[C@@H](CC1CCCCC1)C(=O)N[C@@H](CCC(=O)N1CCOc2ccccc2C1)C(=O)OC. The van der Waals surface area contributed by atoms with Crippen molar-refractivity contribution in [1.29, 1.82) is 0 Å². The molecule has 1 aliphatic carbocycles. The minimum Gasteiger partial charge on any atom is -0.491 e. The number of para-hydroxylation sites is 1. The van der Waals surface area contributed by atoms with E-state index in [1.165, 1.54) is 13.5 Å². The summed E-state index contributed by atoms with van der Waals surface area (Å²) in [4.78, 5) is 53.2. The van der Waals surface area contributed by atoms with Gasteiger partial charge in [0.05, 0.1) is 20.3 Å². The molecule has 0 bridgehead atoms.